The second kappa shape index (κ2) is 9.50. The minimum Gasteiger partial charge on any atom is -0.486 e. The largest absolute Gasteiger partial charge is 0.486 e. The third-order valence-electron chi connectivity index (χ3n) is 10.1. The number of likely N-dealkylation sites (tertiary alicyclic amines) is 1. The number of benzene rings is 2. The van der Waals surface area contributed by atoms with Gasteiger partial charge in [-0.05, 0) is 98.2 Å². The van der Waals surface area contributed by atoms with E-state index >= 15 is 0 Å². The Morgan fingerprint density at radius 2 is 1.74 bits per heavy atom. The maximum absolute atomic E-state index is 14.1. The fourth-order valence-electron chi connectivity index (χ4n) is 7.83. The van der Waals surface area contributed by atoms with Gasteiger partial charge < -0.3 is 9.84 Å². The van der Waals surface area contributed by atoms with Crippen LogP contribution in [-0.4, -0.2) is 34.7 Å². The van der Waals surface area contributed by atoms with E-state index in [9.17, 15) is 27.5 Å². The molecule has 1 saturated heterocycles. The number of aryl methyl sites for hydroxylation is 1. The van der Waals surface area contributed by atoms with E-state index in [2.05, 4.69) is 23.1 Å². The van der Waals surface area contributed by atoms with Gasteiger partial charge in [-0.2, -0.15) is 13.2 Å². The first kappa shape index (κ1) is 26.6. The zero-order valence-electron chi connectivity index (χ0n) is 22.3. The van der Waals surface area contributed by atoms with Crippen LogP contribution < -0.4 is 4.74 Å². The predicted octanol–water partition coefficient (Wildman–Crippen LogP) is 7.23. The van der Waals surface area contributed by atoms with Gasteiger partial charge in [-0.3, -0.25) is 9.69 Å². The van der Waals surface area contributed by atoms with Crippen molar-refractivity contribution in [2.24, 2.45) is 23.7 Å². The molecule has 8 heteroatoms. The topological polar surface area (TPSA) is 49.8 Å². The molecule has 2 aromatic carbocycles. The zero-order valence-corrected chi connectivity index (χ0v) is 22.3. The van der Waals surface area contributed by atoms with E-state index in [1.165, 1.54) is 0 Å². The number of rotatable bonds is 6. The smallest absolute Gasteiger partial charge is 0.416 e. The van der Waals surface area contributed by atoms with Crippen molar-refractivity contribution in [1.29, 1.82) is 0 Å². The van der Waals surface area contributed by atoms with Crippen LogP contribution in [0.5, 0.6) is 5.75 Å². The Morgan fingerprint density at radius 1 is 1.05 bits per heavy atom. The molecule has 1 unspecified atom stereocenters. The number of carboxylic acid groups (broad SMARTS) is 1. The van der Waals surface area contributed by atoms with Crippen molar-refractivity contribution in [2.75, 3.05) is 13.1 Å². The zero-order chi connectivity index (χ0) is 27.7. The molecule has 0 aromatic heterocycles. The van der Waals surface area contributed by atoms with Crippen molar-refractivity contribution in [1.82, 2.24) is 4.90 Å². The summed E-state index contributed by atoms with van der Waals surface area (Å²) in [6, 6.07) is 8.40. The summed E-state index contributed by atoms with van der Waals surface area (Å²) in [6.07, 6.45) is 1.16. The van der Waals surface area contributed by atoms with Gasteiger partial charge in [0.15, 0.2) is 0 Å². The highest BCUT2D eigenvalue weighted by atomic mass is 19.4. The second-order valence-electron chi connectivity index (χ2n) is 12.2. The molecule has 2 aromatic rings. The number of aliphatic carboxylic acids is 1. The van der Waals surface area contributed by atoms with Crippen molar-refractivity contribution < 1.29 is 32.2 Å². The molecular weight excluding hydrogens is 510 g/mol. The molecule has 210 valence electrons. The van der Waals surface area contributed by atoms with Crippen LogP contribution in [0.2, 0.25) is 0 Å². The average molecular weight is 546 g/mol. The van der Waals surface area contributed by atoms with Crippen LogP contribution in [0.1, 0.15) is 80.2 Å². The lowest BCUT2D eigenvalue weighted by molar-refractivity contribution is -0.142. The van der Waals surface area contributed by atoms with Crippen LogP contribution in [0.3, 0.4) is 0 Å². The molecule has 2 heterocycles. The van der Waals surface area contributed by atoms with Gasteiger partial charge in [0.2, 0.25) is 0 Å². The first-order valence-electron chi connectivity index (χ1n) is 14.1. The Labute approximate surface area is 226 Å². The van der Waals surface area contributed by atoms with Crippen molar-refractivity contribution >= 4 is 5.97 Å². The molecule has 1 N–H and O–H groups in total. The van der Waals surface area contributed by atoms with Gasteiger partial charge in [0.1, 0.15) is 17.2 Å². The SMILES string of the molecule is C[C@H](C(=O)O)[C@H](c1ccc2c(c1)OC1(CC2)[C@@H]2CC[C@H]1CN([C@H](C)c1cc(F)ccc1C(F)(F)F)C2)C1CC1. The lowest BCUT2D eigenvalue weighted by atomic mass is 9.73. The molecule has 0 radical (unpaired) electrons. The Hall–Kier alpha value is -2.61. The monoisotopic (exact) mass is 545 g/mol. The van der Waals surface area contributed by atoms with Gasteiger partial charge in [-0.15, -0.1) is 0 Å². The Bertz CT molecular complexity index is 1260. The van der Waals surface area contributed by atoms with Crippen LogP contribution in [0.15, 0.2) is 36.4 Å². The highest BCUT2D eigenvalue weighted by Crippen LogP contribution is 2.55. The normalized spacial score (nSPS) is 29.0. The molecular formula is C31H35F4NO3. The fourth-order valence-corrected chi connectivity index (χ4v) is 7.83. The maximum Gasteiger partial charge on any atom is 0.416 e. The van der Waals surface area contributed by atoms with Crippen LogP contribution in [0.4, 0.5) is 17.6 Å². The van der Waals surface area contributed by atoms with Gasteiger partial charge >= 0.3 is 12.1 Å². The fraction of sp³-hybridized carbons (Fsp3) is 0.581. The number of piperidine rings is 1. The number of hydrogen-bond donors (Lipinski definition) is 1. The number of halogens is 4. The summed E-state index contributed by atoms with van der Waals surface area (Å²) in [7, 11) is 0. The van der Waals surface area contributed by atoms with Crippen LogP contribution in [0.25, 0.3) is 0 Å². The Kier molecular flexibility index (Phi) is 6.48. The average Bonchev–Trinajstić information content (AvgIpc) is 3.70. The quantitative estimate of drug-likeness (QED) is 0.389. The predicted molar refractivity (Wildman–Crippen MR) is 138 cm³/mol. The summed E-state index contributed by atoms with van der Waals surface area (Å²) in [5.74, 6) is -0.408. The lowest BCUT2D eigenvalue weighted by Crippen LogP contribution is -2.58. The van der Waals surface area contributed by atoms with Gasteiger partial charge in [0.25, 0.3) is 0 Å². The first-order chi connectivity index (χ1) is 18.5. The van der Waals surface area contributed by atoms with E-state index in [0.29, 0.717) is 19.0 Å². The third-order valence-corrected chi connectivity index (χ3v) is 10.1. The molecule has 6 atom stereocenters. The van der Waals surface area contributed by atoms with Gasteiger partial charge in [0.05, 0.1) is 11.5 Å². The summed E-state index contributed by atoms with van der Waals surface area (Å²) < 4.78 is 62.2. The molecule has 4 aliphatic rings. The number of hydrogen-bond acceptors (Lipinski definition) is 3. The van der Waals surface area contributed by atoms with E-state index < -0.39 is 35.5 Å². The summed E-state index contributed by atoms with van der Waals surface area (Å²) >= 11 is 0. The number of fused-ring (bicyclic) bond motifs is 1. The third kappa shape index (κ3) is 4.62. The van der Waals surface area contributed by atoms with Crippen molar-refractivity contribution in [3.05, 3.63) is 64.5 Å². The number of alkyl halides is 3. The van der Waals surface area contributed by atoms with Crippen LogP contribution in [-0.2, 0) is 17.4 Å². The molecule has 2 bridgehead atoms. The number of ether oxygens (including phenoxy) is 1. The highest BCUT2D eigenvalue weighted by Gasteiger charge is 2.57. The number of nitrogens with zero attached hydrogens (tertiary/aromatic N) is 1. The first-order valence-corrected chi connectivity index (χ1v) is 14.1. The van der Waals surface area contributed by atoms with Crippen LogP contribution >= 0.6 is 0 Å². The van der Waals surface area contributed by atoms with Gasteiger partial charge in [-0.25, -0.2) is 4.39 Å². The van der Waals surface area contributed by atoms with Crippen molar-refractivity contribution in [3.63, 3.8) is 0 Å². The molecule has 0 amide bonds. The van der Waals surface area contributed by atoms with E-state index in [-0.39, 0.29) is 28.9 Å². The summed E-state index contributed by atoms with van der Waals surface area (Å²) in [4.78, 5) is 13.9. The Balaban J connectivity index is 1.25. The molecule has 4 nitrogen and oxygen atoms in total. The van der Waals surface area contributed by atoms with E-state index in [1.54, 1.807) is 13.8 Å². The lowest BCUT2D eigenvalue weighted by Gasteiger charge is -2.51. The number of carbonyl (C=O) groups is 1. The standard InChI is InChI=1S/C31H35F4NO3/c1-17(29(37)38)28(20-4-5-20)21-6-3-19-11-12-30(39-27(19)13-21)22-7-8-23(30)16-36(15-22)18(2)25-14-24(32)9-10-26(25)31(33,34)35/h3,6,9-10,13-14,17-18,20,22-23,28H,4-5,7-8,11-12,15-16H2,1-2H3,(H,37,38)/t17-,18+,22-,23+,28-,30?/m0/s1. The van der Waals surface area contributed by atoms with Gasteiger partial charge in [-0.1, -0.05) is 19.1 Å². The van der Waals surface area contributed by atoms with Crippen molar-refractivity contribution in [2.45, 2.75) is 76.1 Å². The van der Waals surface area contributed by atoms with Crippen LogP contribution in [0, 0.1) is 29.5 Å². The highest BCUT2D eigenvalue weighted by molar-refractivity contribution is 5.71. The van der Waals surface area contributed by atoms with E-state index in [1.807, 2.05) is 0 Å². The minimum absolute atomic E-state index is 0.0175. The molecule has 6 rings (SSSR count). The molecule has 2 saturated carbocycles. The number of carboxylic acids is 1. The molecule has 39 heavy (non-hydrogen) atoms. The van der Waals surface area contributed by atoms with Gasteiger partial charge in [0, 0.05) is 31.0 Å². The summed E-state index contributed by atoms with van der Waals surface area (Å²) in [5.41, 5.74) is 0.986. The second-order valence-corrected chi connectivity index (χ2v) is 12.2. The molecule has 3 fully saturated rings. The molecule has 2 aliphatic heterocycles. The van der Waals surface area contributed by atoms with Crippen molar-refractivity contribution in [3.8, 4) is 5.75 Å². The Morgan fingerprint density at radius 3 is 2.36 bits per heavy atom. The van der Waals surface area contributed by atoms with E-state index in [0.717, 1.165) is 73.6 Å². The summed E-state index contributed by atoms with van der Waals surface area (Å²) in [5, 5.41) is 9.71. The van der Waals surface area contributed by atoms with E-state index in [4.69, 9.17) is 4.74 Å². The molecule has 2 aliphatic carbocycles. The summed E-state index contributed by atoms with van der Waals surface area (Å²) in [6.45, 7) is 4.72. The molecule has 1 spiro atoms. The maximum atomic E-state index is 14.1. The minimum atomic E-state index is -4.54.